The number of urea groups is 1. The van der Waals surface area contributed by atoms with E-state index >= 15 is 0 Å². The van der Waals surface area contributed by atoms with Crippen molar-refractivity contribution in [3.05, 3.63) is 30.1 Å². The molecule has 0 spiro atoms. The van der Waals surface area contributed by atoms with E-state index in [9.17, 15) is 14.0 Å². The molecule has 2 rings (SSSR count). The molecule has 3 amide bonds. The molecule has 1 heterocycles. The predicted molar refractivity (Wildman–Crippen MR) is 91.5 cm³/mol. The summed E-state index contributed by atoms with van der Waals surface area (Å²) >= 11 is 0. The van der Waals surface area contributed by atoms with Gasteiger partial charge in [0.15, 0.2) is 0 Å². The van der Waals surface area contributed by atoms with E-state index in [1.807, 2.05) is 11.8 Å². The van der Waals surface area contributed by atoms with Crippen molar-refractivity contribution in [2.75, 3.05) is 44.2 Å². The molecule has 0 bridgehead atoms. The zero-order chi connectivity index (χ0) is 17.4. The lowest BCUT2D eigenvalue weighted by molar-refractivity contribution is -0.121. The second-order valence-electron chi connectivity index (χ2n) is 5.90. The SMILES string of the molecule is CCCCNC(=O)NC(=O)CN1CCN(c2ccc(F)cc2)CC1. The van der Waals surface area contributed by atoms with E-state index in [2.05, 4.69) is 15.5 Å². The highest BCUT2D eigenvalue weighted by molar-refractivity contribution is 5.95. The molecule has 132 valence electrons. The molecule has 0 aliphatic carbocycles. The molecule has 0 radical (unpaired) electrons. The standard InChI is InChI=1S/C17H25FN4O2/c1-2-3-8-19-17(24)20-16(23)13-21-9-11-22(12-10-21)15-6-4-14(18)5-7-15/h4-7H,2-3,8-13H2,1H3,(H2,19,20,23,24). The molecule has 1 aromatic carbocycles. The van der Waals surface area contributed by atoms with Crippen molar-refractivity contribution in [2.45, 2.75) is 19.8 Å². The minimum Gasteiger partial charge on any atom is -0.369 e. The normalized spacial score (nSPS) is 15.2. The highest BCUT2D eigenvalue weighted by Gasteiger charge is 2.20. The molecule has 0 saturated carbocycles. The Balaban J connectivity index is 1.69. The first-order chi connectivity index (χ1) is 11.6. The average Bonchev–Trinajstić information content (AvgIpc) is 2.56. The van der Waals surface area contributed by atoms with Crippen LogP contribution in [0.3, 0.4) is 0 Å². The molecule has 1 aromatic rings. The van der Waals surface area contributed by atoms with Crippen LogP contribution in [-0.2, 0) is 4.79 Å². The quantitative estimate of drug-likeness (QED) is 0.774. The van der Waals surface area contributed by atoms with E-state index in [1.165, 1.54) is 12.1 Å². The van der Waals surface area contributed by atoms with E-state index in [0.29, 0.717) is 6.54 Å². The van der Waals surface area contributed by atoms with Gasteiger partial charge in [0, 0.05) is 38.4 Å². The zero-order valence-electron chi connectivity index (χ0n) is 14.1. The van der Waals surface area contributed by atoms with Crippen molar-refractivity contribution in [1.29, 1.82) is 0 Å². The number of benzene rings is 1. The number of unbranched alkanes of at least 4 members (excludes halogenated alkanes) is 1. The Morgan fingerprint density at radius 1 is 1.12 bits per heavy atom. The van der Waals surface area contributed by atoms with Crippen LogP contribution in [0.25, 0.3) is 0 Å². The lowest BCUT2D eigenvalue weighted by atomic mass is 10.2. The minimum absolute atomic E-state index is 0.207. The molecule has 6 nitrogen and oxygen atoms in total. The van der Waals surface area contributed by atoms with Gasteiger partial charge in [-0.25, -0.2) is 9.18 Å². The van der Waals surface area contributed by atoms with Crippen LogP contribution >= 0.6 is 0 Å². The number of nitrogens with one attached hydrogen (secondary N) is 2. The maximum atomic E-state index is 13.0. The van der Waals surface area contributed by atoms with E-state index in [4.69, 9.17) is 0 Å². The first kappa shape index (κ1) is 18.2. The highest BCUT2D eigenvalue weighted by Crippen LogP contribution is 2.16. The fraction of sp³-hybridized carbons (Fsp3) is 0.529. The molecule has 7 heteroatoms. The molecule has 1 saturated heterocycles. The molecule has 1 aliphatic rings. The van der Waals surface area contributed by atoms with Gasteiger partial charge in [0.05, 0.1) is 6.54 Å². The van der Waals surface area contributed by atoms with Gasteiger partial charge in [0.1, 0.15) is 5.82 Å². The van der Waals surface area contributed by atoms with Gasteiger partial charge in [0.2, 0.25) is 5.91 Å². The van der Waals surface area contributed by atoms with Gasteiger partial charge >= 0.3 is 6.03 Å². The van der Waals surface area contributed by atoms with Crippen molar-refractivity contribution in [2.24, 2.45) is 0 Å². The maximum Gasteiger partial charge on any atom is 0.321 e. The second-order valence-corrected chi connectivity index (χ2v) is 5.90. The first-order valence-corrected chi connectivity index (χ1v) is 8.39. The molecule has 0 aromatic heterocycles. The zero-order valence-corrected chi connectivity index (χ0v) is 14.1. The molecule has 24 heavy (non-hydrogen) atoms. The Morgan fingerprint density at radius 2 is 1.79 bits per heavy atom. The smallest absolute Gasteiger partial charge is 0.321 e. The van der Waals surface area contributed by atoms with Gasteiger partial charge in [-0.2, -0.15) is 0 Å². The molecular formula is C17H25FN4O2. The van der Waals surface area contributed by atoms with E-state index < -0.39 is 6.03 Å². The summed E-state index contributed by atoms with van der Waals surface area (Å²) in [6.45, 7) is 5.80. The summed E-state index contributed by atoms with van der Waals surface area (Å²) in [6, 6.07) is 5.99. The summed E-state index contributed by atoms with van der Waals surface area (Å²) in [6.07, 6.45) is 1.89. The number of rotatable bonds is 6. The third kappa shape index (κ3) is 5.81. The highest BCUT2D eigenvalue weighted by atomic mass is 19.1. The number of hydrogen-bond acceptors (Lipinski definition) is 4. The van der Waals surface area contributed by atoms with Crippen molar-refractivity contribution >= 4 is 17.6 Å². The van der Waals surface area contributed by atoms with E-state index in [0.717, 1.165) is 44.7 Å². The van der Waals surface area contributed by atoms with Crippen LogP contribution in [-0.4, -0.2) is 56.1 Å². The maximum absolute atomic E-state index is 13.0. The van der Waals surface area contributed by atoms with Crippen molar-refractivity contribution in [3.63, 3.8) is 0 Å². The van der Waals surface area contributed by atoms with Gasteiger partial charge in [-0.3, -0.25) is 15.0 Å². The van der Waals surface area contributed by atoms with Crippen LogP contribution in [0.5, 0.6) is 0 Å². The van der Waals surface area contributed by atoms with E-state index in [1.54, 1.807) is 12.1 Å². The summed E-state index contributed by atoms with van der Waals surface area (Å²) in [4.78, 5) is 27.6. The van der Waals surface area contributed by atoms with Crippen molar-refractivity contribution < 1.29 is 14.0 Å². The topological polar surface area (TPSA) is 64.7 Å². The number of anilines is 1. The summed E-state index contributed by atoms with van der Waals surface area (Å²) in [5.41, 5.74) is 0.982. The fourth-order valence-electron chi connectivity index (χ4n) is 2.61. The van der Waals surface area contributed by atoms with Crippen LogP contribution in [0.15, 0.2) is 24.3 Å². The summed E-state index contributed by atoms with van der Waals surface area (Å²) in [5.74, 6) is -0.537. The Hall–Kier alpha value is -2.15. The second kappa shape index (κ2) is 9.22. The van der Waals surface area contributed by atoms with Crippen molar-refractivity contribution in [3.8, 4) is 0 Å². The molecule has 0 unspecified atom stereocenters. The fourth-order valence-corrected chi connectivity index (χ4v) is 2.61. The van der Waals surface area contributed by atoms with Crippen LogP contribution < -0.4 is 15.5 Å². The number of halogens is 1. The number of hydrogen-bond donors (Lipinski definition) is 2. The number of piperazine rings is 1. The average molecular weight is 336 g/mol. The molecule has 0 atom stereocenters. The number of carbonyl (C=O) groups excluding carboxylic acids is 2. The van der Waals surface area contributed by atoms with Crippen LogP contribution in [0, 0.1) is 5.82 Å². The Kier molecular flexibility index (Phi) is 6.99. The number of nitrogens with zero attached hydrogens (tertiary/aromatic N) is 2. The van der Waals surface area contributed by atoms with Crippen molar-refractivity contribution in [1.82, 2.24) is 15.5 Å². The lowest BCUT2D eigenvalue weighted by Gasteiger charge is -2.35. The van der Waals surface area contributed by atoms with Crippen LogP contribution in [0.2, 0.25) is 0 Å². The Morgan fingerprint density at radius 3 is 2.42 bits per heavy atom. The number of imide groups is 1. The first-order valence-electron chi connectivity index (χ1n) is 8.39. The monoisotopic (exact) mass is 336 g/mol. The van der Waals surface area contributed by atoms with Gasteiger partial charge in [-0.15, -0.1) is 0 Å². The molecule has 2 N–H and O–H groups in total. The molecule has 1 aliphatic heterocycles. The molecular weight excluding hydrogens is 311 g/mol. The third-order valence-corrected chi connectivity index (χ3v) is 4.00. The van der Waals surface area contributed by atoms with E-state index in [-0.39, 0.29) is 18.3 Å². The lowest BCUT2D eigenvalue weighted by Crippen LogP contribution is -2.51. The van der Waals surface area contributed by atoms with Crippen LogP contribution in [0.1, 0.15) is 19.8 Å². The Labute approximate surface area is 142 Å². The number of amides is 3. The Bertz CT molecular complexity index is 542. The van der Waals surface area contributed by atoms with Crippen LogP contribution in [0.4, 0.5) is 14.9 Å². The summed E-state index contributed by atoms with van der Waals surface area (Å²) in [7, 11) is 0. The minimum atomic E-state index is -0.432. The summed E-state index contributed by atoms with van der Waals surface area (Å²) in [5, 5.41) is 5.01. The molecule has 1 fully saturated rings. The predicted octanol–water partition coefficient (Wildman–Crippen LogP) is 1.57. The van der Waals surface area contributed by atoms with Gasteiger partial charge in [-0.1, -0.05) is 13.3 Å². The largest absolute Gasteiger partial charge is 0.369 e. The van der Waals surface area contributed by atoms with Gasteiger partial charge in [-0.05, 0) is 30.7 Å². The van der Waals surface area contributed by atoms with Gasteiger partial charge in [0.25, 0.3) is 0 Å². The van der Waals surface area contributed by atoms with Gasteiger partial charge < -0.3 is 10.2 Å². The summed E-state index contributed by atoms with van der Waals surface area (Å²) < 4.78 is 13.0. The number of carbonyl (C=O) groups is 2. The third-order valence-electron chi connectivity index (χ3n) is 4.00.